The maximum atomic E-state index is 12.2. The van der Waals surface area contributed by atoms with Crippen LogP contribution in [0.15, 0.2) is 42.5 Å². The minimum Gasteiger partial charge on any atom is -0.482 e. The van der Waals surface area contributed by atoms with Gasteiger partial charge in [0.2, 0.25) is 5.91 Å². The van der Waals surface area contributed by atoms with Crippen molar-refractivity contribution in [3.8, 4) is 5.75 Å². The fraction of sp³-hybridized carbons (Fsp3) is 0.263. The zero-order chi connectivity index (χ0) is 17.1. The molecule has 124 valence electrons. The van der Waals surface area contributed by atoms with E-state index in [4.69, 9.17) is 4.74 Å². The first kappa shape index (κ1) is 16.1. The first-order valence-corrected chi connectivity index (χ1v) is 7.88. The van der Waals surface area contributed by atoms with Gasteiger partial charge in [-0.3, -0.25) is 9.59 Å². The fourth-order valence-corrected chi connectivity index (χ4v) is 2.68. The molecule has 1 N–H and O–H groups in total. The molecule has 0 atom stereocenters. The van der Waals surface area contributed by atoms with E-state index < -0.39 is 0 Å². The summed E-state index contributed by atoms with van der Waals surface area (Å²) in [5.41, 5.74) is 3.82. The Morgan fingerprint density at radius 3 is 2.83 bits per heavy atom. The van der Waals surface area contributed by atoms with E-state index in [1.807, 2.05) is 49.4 Å². The largest absolute Gasteiger partial charge is 0.482 e. The van der Waals surface area contributed by atoms with Gasteiger partial charge in [0.25, 0.3) is 5.91 Å². The Hall–Kier alpha value is -2.82. The lowest BCUT2D eigenvalue weighted by atomic mass is 10.1. The summed E-state index contributed by atoms with van der Waals surface area (Å²) in [6.07, 6.45) is 0.265. The molecule has 5 nitrogen and oxygen atoms in total. The number of aryl methyl sites for hydroxylation is 1. The van der Waals surface area contributed by atoms with Crippen molar-refractivity contribution in [3.63, 3.8) is 0 Å². The molecule has 0 fully saturated rings. The van der Waals surface area contributed by atoms with Crippen molar-refractivity contribution in [2.24, 2.45) is 0 Å². The quantitative estimate of drug-likeness (QED) is 0.938. The molecule has 0 aliphatic carbocycles. The molecule has 0 saturated heterocycles. The molecule has 0 aromatic heterocycles. The average molecular weight is 324 g/mol. The molecule has 3 rings (SSSR count). The minimum absolute atomic E-state index is 0.0519. The topological polar surface area (TPSA) is 58.6 Å². The number of amides is 2. The summed E-state index contributed by atoms with van der Waals surface area (Å²) in [6.45, 7) is 2.59. The number of hydrogen-bond acceptors (Lipinski definition) is 3. The lowest BCUT2D eigenvalue weighted by molar-refractivity contribution is -0.121. The molecule has 1 aliphatic heterocycles. The van der Waals surface area contributed by atoms with Gasteiger partial charge in [-0.05, 0) is 35.7 Å². The molecule has 5 heteroatoms. The van der Waals surface area contributed by atoms with Crippen LogP contribution in [0.3, 0.4) is 0 Å². The Morgan fingerprint density at radius 2 is 2.04 bits per heavy atom. The second-order valence-corrected chi connectivity index (χ2v) is 5.92. The number of benzene rings is 2. The van der Waals surface area contributed by atoms with E-state index in [2.05, 4.69) is 5.32 Å². The Bertz CT molecular complexity index is 786. The van der Waals surface area contributed by atoms with E-state index >= 15 is 0 Å². The molecular weight excluding hydrogens is 304 g/mol. The lowest BCUT2D eigenvalue weighted by Crippen LogP contribution is -2.35. The summed E-state index contributed by atoms with van der Waals surface area (Å²) >= 11 is 0. The van der Waals surface area contributed by atoms with E-state index in [9.17, 15) is 9.59 Å². The van der Waals surface area contributed by atoms with Crippen LogP contribution in [0.1, 0.15) is 16.7 Å². The monoisotopic (exact) mass is 324 g/mol. The zero-order valence-corrected chi connectivity index (χ0v) is 13.8. The molecule has 2 amide bonds. The predicted molar refractivity (Wildman–Crippen MR) is 92.1 cm³/mol. The number of nitrogens with zero attached hydrogens (tertiary/aromatic N) is 1. The number of hydrogen-bond donors (Lipinski definition) is 1. The van der Waals surface area contributed by atoms with Crippen molar-refractivity contribution in [1.29, 1.82) is 0 Å². The summed E-state index contributed by atoms with van der Waals surface area (Å²) in [5.74, 6) is 0.522. The Morgan fingerprint density at radius 1 is 1.25 bits per heavy atom. The summed E-state index contributed by atoms with van der Waals surface area (Å²) in [6, 6.07) is 13.5. The smallest absolute Gasteiger partial charge is 0.264 e. The van der Waals surface area contributed by atoms with Gasteiger partial charge in [0.1, 0.15) is 5.75 Å². The van der Waals surface area contributed by atoms with Gasteiger partial charge < -0.3 is 15.0 Å². The van der Waals surface area contributed by atoms with Crippen LogP contribution in [-0.4, -0.2) is 25.5 Å². The number of ether oxygens (including phenoxy) is 1. The highest BCUT2D eigenvalue weighted by Crippen LogP contribution is 2.32. The van der Waals surface area contributed by atoms with Gasteiger partial charge in [-0.2, -0.15) is 0 Å². The number of carbonyl (C=O) groups excluding carboxylic acids is 2. The third kappa shape index (κ3) is 3.40. The van der Waals surface area contributed by atoms with Crippen LogP contribution in [0.5, 0.6) is 5.75 Å². The van der Waals surface area contributed by atoms with E-state index in [1.165, 1.54) is 0 Å². The standard InChI is InChI=1S/C19H20N2O3/c1-13-5-3-4-6-15(13)11-20-18(22)10-14-7-8-17-16(9-14)21(2)19(23)12-24-17/h3-9H,10-12H2,1-2H3,(H,20,22). The lowest BCUT2D eigenvalue weighted by Gasteiger charge is -2.26. The van der Waals surface area contributed by atoms with Crippen molar-refractivity contribution < 1.29 is 14.3 Å². The highest BCUT2D eigenvalue weighted by Gasteiger charge is 2.22. The molecule has 0 unspecified atom stereocenters. The average Bonchev–Trinajstić information content (AvgIpc) is 2.58. The number of anilines is 1. The van der Waals surface area contributed by atoms with Crippen LogP contribution < -0.4 is 15.0 Å². The maximum absolute atomic E-state index is 12.2. The van der Waals surface area contributed by atoms with Gasteiger partial charge in [-0.25, -0.2) is 0 Å². The highest BCUT2D eigenvalue weighted by atomic mass is 16.5. The number of fused-ring (bicyclic) bond motifs is 1. The van der Waals surface area contributed by atoms with Gasteiger partial charge in [0.05, 0.1) is 12.1 Å². The number of carbonyl (C=O) groups is 2. The molecule has 0 spiro atoms. The number of rotatable bonds is 4. The molecule has 24 heavy (non-hydrogen) atoms. The summed E-state index contributed by atoms with van der Waals surface area (Å²) in [5, 5.41) is 2.94. The number of nitrogens with one attached hydrogen (secondary N) is 1. The summed E-state index contributed by atoms with van der Waals surface area (Å²) in [7, 11) is 1.71. The minimum atomic E-state index is -0.0938. The Kier molecular flexibility index (Phi) is 4.51. The van der Waals surface area contributed by atoms with Crippen LogP contribution in [0.4, 0.5) is 5.69 Å². The van der Waals surface area contributed by atoms with E-state index in [0.717, 1.165) is 16.7 Å². The van der Waals surface area contributed by atoms with Crippen molar-refractivity contribution in [1.82, 2.24) is 5.32 Å². The van der Waals surface area contributed by atoms with Crippen molar-refractivity contribution >= 4 is 17.5 Å². The van der Waals surface area contributed by atoms with E-state index in [1.54, 1.807) is 11.9 Å². The molecule has 1 aliphatic rings. The maximum Gasteiger partial charge on any atom is 0.264 e. The van der Waals surface area contributed by atoms with Crippen LogP contribution >= 0.6 is 0 Å². The zero-order valence-electron chi connectivity index (χ0n) is 13.8. The summed E-state index contributed by atoms with van der Waals surface area (Å²) < 4.78 is 5.39. The van der Waals surface area contributed by atoms with Gasteiger partial charge >= 0.3 is 0 Å². The van der Waals surface area contributed by atoms with Crippen molar-refractivity contribution in [2.45, 2.75) is 19.9 Å². The van der Waals surface area contributed by atoms with Crippen LogP contribution in [0.2, 0.25) is 0 Å². The molecule has 2 aromatic carbocycles. The SMILES string of the molecule is Cc1ccccc1CNC(=O)Cc1ccc2c(c1)N(C)C(=O)CO2. The molecule has 0 radical (unpaired) electrons. The Labute approximate surface area is 141 Å². The third-order valence-corrected chi connectivity index (χ3v) is 4.21. The van der Waals surface area contributed by atoms with Crippen LogP contribution in [0, 0.1) is 6.92 Å². The second-order valence-electron chi connectivity index (χ2n) is 5.92. The third-order valence-electron chi connectivity index (χ3n) is 4.21. The molecule has 1 heterocycles. The van der Waals surface area contributed by atoms with Crippen molar-refractivity contribution in [2.75, 3.05) is 18.6 Å². The molecule has 0 saturated carbocycles. The highest BCUT2D eigenvalue weighted by molar-refractivity contribution is 5.97. The summed E-state index contributed by atoms with van der Waals surface area (Å²) in [4.78, 5) is 25.5. The predicted octanol–water partition coefficient (Wildman–Crippen LogP) is 2.21. The molecule has 2 aromatic rings. The van der Waals surface area contributed by atoms with Gasteiger partial charge in [0, 0.05) is 13.6 Å². The molecule has 0 bridgehead atoms. The van der Waals surface area contributed by atoms with Crippen molar-refractivity contribution in [3.05, 3.63) is 59.2 Å². The fourth-order valence-electron chi connectivity index (χ4n) is 2.68. The van der Waals surface area contributed by atoms with Crippen LogP contribution in [0.25, 0.3) is 0 Å². The molecular formula is C19H20N2O3. The van der Waals surface area contributed by atoms with E-state index in [-0.39, 0.29) is 24.8 Å². The second kappa shape index (κ2) is 6.74. The first-order valence-electron chi connectivity index (χ1n) is 7.88. The van der Waals surface area contributed by atoms with Crippen LogP contribution in [-0.2, 0) is 22.6 Å². The van der Waals surface area contributed by atoms with E-state index in [0.29, 0.717) is 18.0 Å². The first-order chi connectivity index (χ1) is 11.5. The normalized spacial score (nSPS) is 13.2. The van der Waals surface area contributed by atoms with Gasteiger partial charge in [0.15, 0.2) is 6.61 Å². The number of likely N-dealkylation sites (N-methyl/N-ethyl adjacent to an activating group) is 1. The van der Waals surface area contributed by atoms with Gasteiger partial charge in [-0.15, -0.1) is 0 Å². The Balaban J connectivity index is 1.65. The van der Waals surface area contributed by atoms with Gasteiger partial charge in [-0.1, -0.05) is 30.3 Å².